The molecule has 0 aliphatic heterocycles. The topological polar surface area (TPSA) is 29.5 Å². The van der Waals surface area contributed by atoms with E-state index in [1.54, 1.807) is 6.92 Å². The molecule has 0 fully saturated rings. The lowest BCUT2D eigenvalue weighted by molar-refractivity contribution is 0.190. The third-order valence-corrected chi connectivity index (χ3v) is 2.55. The largest absolute Gasteiger partial charge is 0.493 e. The Morgan fingerprint density at radius 1 is 1.19 bits per heavy atom. The fraction of sp³-hybridized carbons (Fsp3) is 0.571. The molecular weight excluding hydrogens is 200 g/mol. The molecule has 1 N–H and O–H groups in total. The molecule has 2 nitrogen and oxygen atoms in total. The summed E-state index contributed by atoms with van der Waals surface area (Å²) in [5, 5.41) is 9.57. The van der Waals surface area contributed by atoms with Gasteiger partial charge in [0.05, 0.1) is 12.7 Å². The molecule has 0 heterocycles. The number of aliphatic hydroxyl groups excluding tert-OH is 1. The number of ether oxygens (including phenoxy) is 1. The normalized spacial score (nSPS) is 12.8. The molecule has 1 atom stereocenters. The molecule has 0 saturated heterocycles. The Labute approximate surface area is 98.3 Å². The summed E-state index contributed by atoms with van der Waals surface area (Å²) in [6.45, 7) is 6.91. The summed E-state index contributed by atoms with van der Waals surface area (Å²) >= 11 is 0. The van der Waals surface area contributed by atoms with Crippen molar-refractivity contribution < 1.29 is 9.84 Å². The number of hydrogen-bond donors (Lipinski definition) is 1. The van der Waals surface area contributed by atoms with Gasteiger partial charge in [0.15, 0.2) is 0 Å². The number of aliphatic hydroxyl groups is 1. The molecule has 0 radical (unpaired) electrons. The first-order valence-electron chi connectivity index (χ1n) is 6.01. The molecule has 1 aromatic carbocycles. The zero-order valence-corrected chi connectivity index (χ0v) is 10.4. The van der Waals surface area contributed by atoms with Gasteiger partial charge in [0, 0.05) is 5.56 Å². The first-order chi connectivity index (χ1) is 7.61. The highest BCUT2D eigenvalue weighted by Gasteiger charge is 2.07. The summed E-state index contributed by atoms with van der Waals surface area (Å²) in [5.41, 5.74) is 0.868. The number of para-hydroxylation sites is 1. The number of rotatable bonds is 6. The quantitative estimate of drug-likeness (QED) is 0.746. The average Bonchev–Trinajstić information content (AvgIpc) is 2.24. The lowest BCUT2D eigenvalue weighted by atomic mass is 10.1. The fourth-order valence-electron chi connectivity index (χ4n) is 1.63. The van der Waals surface area contributed by atoms with E-state index in [0.717, 1.165) is 30.3 Å². The van der Waals surface area contributed by atoms with Crippen LogP contribution < -0.4 is 4.74 Å². The minimum absolute atomic E-state index is 0.471. The van der Waals surface area contributed by atoms with Crippen molar-refractivity contribution in [2.24, 2.45) is 5.92 Å². The molecule has 0 unspecified atom stereocenters. The van der Waals surface area contributed by atoms with Crippen LogP contribution >= 0.6 is 0 Å². The van der Waals surface area contributed by atoms with E-state index in [1.807, 2.05) is 24.3 Å². The van der Waals surface area contributed by atoms with Gasteiger partial charge < -0.3 is 9.84 Å². The molecule has 0 aromatic heterocycles. The minimum Gasteiger partial charge on any atom is -0.493 e. The predicted octanol–water partition coefficient (Wildman–Crippen LogP) is 3.55. The Morgan fingerprint density at radius 2 is 1.88 bits per heavy atom. The standard InChI is InChI=1S/C14H22O2/c1-11(2)7-6-10-16-14-9-5-4-8-13(14)12(3)15/h4-5,8-9,11-12,15H,6-7,10H2,1-3H3/t12-/m1/s1. The summed E-state index contributed by atoms with van der Waals surface area (Å²) in [7, 11) is 0. The maximum Gasteiger partial charge on any atom is 0.125 e. The zero-order chi connectivity index (χ0) is 12.0. The molecule has 2 heteroatoms. The lowest BCUT2D eigenvalue weighted by Gasteiger charge is -2.13. The van der Waals surface area contributed by atoms with Gasteiger partial charge in [0.25, 0.3) is 0 Å². The van der Waals surface area contributed by atoms with Gasteiger partial charge in [-0.3, -0.25) is 0 Å². The Kier molecular flexibility index (Phi) is 5.33. The predicted molar refractivity (Wildman–Crippen MR) is 66.6 cm³/mol. The van der Waals surface area contributed by atoms with Crippen LogP contribution in [0.1, 0.15) is 45.3 Å². The summed E-state index contributed by atoms with van der Waals surface area (Å²) < 4.78 is 5.69. The average molecular weight is 222 g/mol. The monoisotopic (exact) mass is 222 g/mol. The van der Waals surface area contributed by atoms with E-state index in [1.165, 1.54) is 6.42 Å². The summed E-state index contributed by atoms with van der Waals surface area (Å²) in [6.07, 6.45) is 1.77. The highest BCUT2D eigenvalue weighted by molar-refractivity contribution is 5.34. The van der Waals surface area contributed by atoms with Crippen molar-refractivity contribution >= 4 is 0 Å². The van der Waals surface area contributed by atoms with E-state index in [-0.39, 0.29) is 0 Å². The van der Waals surface area contributed by atoms with Crippen molar-refractivity contribution in [2.75, 3.05) is 6.61 Å². The van der Waals surface area contributed by atoms with Crippen molar-refractivity contribution in [3.63, 3.8) is 0 Å². The van der Waals surface area contributed by atoms with Crippen LogP contribution in [0.15, 0.2) is 24.3 Å². The molecule has 16 heavy (non-hydrogen) atoms. The number of hydrogen-bond acceptors (Lipinski definition) is 2. The van der Waals surface area contributed by atoms with Crippen molar-refractivity contribution in [1.29, 1.82) is 0 Å². The Morgan fingerprint density at radius 3 is 2.50 bits per heavy atom. The van der Waals surface area contributed by atoms with E-state index in [0.29, 0.717) is 0 Å². The minimum atomic E-state index is -0.471. The fourth-order valence-corrected chi connectivity index (χ4v) is 1.63. The second-order valence-corrected chi connectivity index (χ2v) is 4.60. The van der Waals surface area contributed by atoms with Crippen LogP contribution in [-0.2, 0) is 0 Å². The van der Waals surface area contributed by atoms with Gasteiger partial charge in [-0.25, -0.2) is 0 Å². The maximum atomic E-state index is 9.57. The Hall–Kier alpha value is -1.02. The van der Waals surface area contributed by atoms with Crippen molar-refractivity contribution in [2.45, 2.75) is 39.7 Å². The first-order valence-corrected chi connectivity index (χ1v) is 6.01. The zero-order valence-electron chi connectivity index (χ0n) is 10.4. The summed E-state index contributed by atoms with van der Waals surface area (Å²) in [4.78, 5) is 0. The first kappa shape index (κ1) is 13.0. The number of benzene rings is 1. The van der Waals surface area contributed by atoms with Gasteiger partial charge in [-0.15, -0.1) is 0 Å². The van der Waals surface area contributed by atoms with E-state index in [9.17, 15) is 5.11 Å². The van der Waals surface area contributed by atoms with Crippen LogP contribution in [0.5, 0.6) is 5.75 Å². The van der Waals surface area contributed by atoms with Gasteiger partial charge in [-0.05, 0) is 31.7 Å². The molecule has 1 rings (SSSR count). The molecule has 0 aliphatic rings. The second kappa shape index (κ2) is 6.54. The molecule has 1 aromatic rings. The summed E-state index contributed by atoms with van der Waals surface area (Å²) in [5.74, 6) is 1.52. The van der Waals surface area contributed by atoms with Crippen LogP contribution in [0.25, 0.3) is 0 Å². The smallest absolute Gasteiger partial charge is 0.125 e. The summed E-state index contributed by atoms with van der Waals surface area (Å²) in [6, 6.07) is 7.67. The molecule has 0 saturated carbocycles. The molecule has 0 aliphatic carbocycles. The van der Waals surface area contributed by atoms with E-state index in [4.69, 9.17) is 4.74 Å². The van der Waals surface area contributed by atoms with E-state index < -0.39 is 6.10 Å². The van der Waals surface area contributed by atoms with Crippen LogP contribution in [-0.4, -0.2) is 11.7 Å². The van der Waals surface area contributed by atoms with Gasteiger partial charge in [0.2, 0.25) is 0 Å². The van der Waals surface area contributed by atoms with Gasteiger partial charge in [0.1, 0.15) is 5.75 Å². The van der Waals surface area contributed by atoms with Gasteiger partial charge in [-0.2, -0.15) is 0 Å². The van der Waals surface area contributed by atoms with Gasteiger partial charge >= 0.3 is 0 Å². The molecule has 0 spiro atoms. The van der Waals surface area contributed by atoms with Crippen molar-refractivity contribution in [3.8, 4) is 5.75 Å². The van der Waals surface area contributed by atoms with Crippen molar-refractivity contribution in [3.05, 3.63) is 29.8 Å². The second-order valence-electron chi connectivity index (χ2n) is 4.60. The highest BCUT2D eigenvalue weighted by atomic mass is 16.5. The Bertz CT molecular complexity index is 305. The SMILES string of the molecule is CC(C)CCCOc1ccccc1[C@@H](C)O. The highest BCUT2D eigenvalue weighted by Crippen LogP contribution is 2.24. The lowest BCUT2D eigenvalue weighted by Crippen LogP contribution is -2.03. The molecule has 0 bridgehead atoms. The molecular formula is C14H22O2. The molecule has 90 valence electrons. The Balaban J connectivity index is 2.47. The van der Waals surface area contributed by atoms with Crippen molar-refractivity contribution in [1.82, 2.24) is 0 Å². The van der Waals surface area contributed by atoms with E-state index >= 15 is 0 Å². The van der Waals surface area contributed by atoms with Gasteiger partial charge in [-0.1, -0.05) is 32.0 Å². The van der Waals surface area contributed by atoms with E-state index in [2.05, 4.69) is 13.8 Å². The maximum absolute atomic E-state index is 9.57. The van der Waals surface area contributed by atoms with Crippen LogP contribution in [0.4, 0.5) is 0 Å². The third-order valence-electron chi connectivity index (χ3n) is 2.55. The van der Waals surface area contributed by atoms with Crippen LogP contribution in [0.2, 0.25) is 0 Å². The third kappa shape index (κ3) is 4.23. The van der Waals surface area contributed by atoms with Crippen LogP contribution in [0.3, 0.4) is 0 Å². The molecule has 0 amide bonds. The van der Waals surface area contributed by atoms with Crippen LogP contribution in [0, 0.1) is 5.92 Å².